The Bertz CT molecular complexity index is 972. The van der Waals surface area contributed by atoms with Gasteiger partial charge >= 0.3 is 0 Å². The lowest BCUT2D eigenvalue weighted by atomic mass is 10.1. The van der Waals surface area contributed by atoms with Gasteiger partial charge < -0.3 is 0 Å². The van der Waals surface area contributed by atoms with Crippen molar-refractivity contribution in [2.24, 2.45) is 10.3 Å². The van der Waals surface area contributed by atoms with E-state index in [1.165, 1.54) is 11.1 Å². The van der Waals surface area contributed by atoms with Crippen molar-refractivity contribution in [3.05, 3.63) is 58.9 Å². The molecular formula is C19H17FN4O2. The van der Waals surface area contributed by atoms with Gasteiger partial charge in [0, 0.05) is 0 Å². The normalized spacial score (nSPS) is 21.7. The second-order valence-electron chi connectivity index (χ2n) is 6.67. The summed E-state index contributed by atoms with van der Waals surface area (Å²) >= 11 is 0. The van der Waals surface area contributed by atoms with E-state index >= 15 is 0 Å². The first-order valence-corrected chi connectivity index (χ1v) is 8.29. The number of aryl methyl sites for hydroxylation is 3. The number of rotatable bonds is 2. The number of hydrogen-bond donors (Lipinski definition) is 0. The van der Waals surface area contributed by atoms with E-state index in [0.717, 1.165) is 21.7 Å². The summed E-state index contributed by atoms with van der Waals surface area (Å²) in [7, 11) is 0. The predicted octanol–water partition coefficient (Wildman–Crippen LogP) is 3.25. The number of imide groups is 1. The second kappa shape index (κ2) is 5.72. The van der Waals surface area contributed by atoms with Gasteiger partial charge in [0.2, 0.25) is 0 Å². The summed E-state index contributed by atoms with van der Waals surface area (Å²) in [5, 5.41) is 9.56. The van der Waals surface area contributed by atoms with E-state index in [4.69, 9.17) is 0 Å². The molecule has 26 heavy (non-hydrogen) atoms. The van der Waals surface area contributed by atoms with Crippen molar-refractivity contribution < 1.29 is 14.0 Å². The minimum atomic E-state index is -0.910. The van der Waals surface area contributed by atoms with E-state index in [1.807, 2.05) is 32.0 Å². The van der Waals surface area contributed by atoms with Crippen LogP contribution in [0.25, 0.3) is 0 Å². The molecule has 2 aromatic carbocycles. The Kier molecular flexibility index (Phi) is 3.61. The molecule has 0 spiro atoms. The number of halogens is 1. The lowest BCUT2D eigenvalue weighted by Crippen LogP contribution is -2.40. The van der Waals surface area contributed by atoms with Crippen LogP contribution in [0.4, 0.5) is 15.8 Å². The minimum absolute atomic E-state index is 0.216. The minimum Gasteiger partial charge on any atom is -0.271 e. The third-order valence-corrected chi connectivity index (χ3v) is 4.79. The van der Waals surface area contributed by atoms with Gasteiger partial charge in [-0.2, -0.15) is 5.11 Å². The molecule has 2 atom stereocenters. The maximum Gasteiger partial charge on any atom is 0.263 e. The molecule has 0 N–H and O–H groups in total. The fourth-order valence-electron chi connectivity index (χ4n) is 3.40. The number of benzene rings is 2. The first kappa shape index (κ1) is 16.4. The average molecular weight is 352 g/mol. The van der Waals surface area contributed by atoms with Crippen LogP contribution in [0.5, 0.6) is 0 Å². The van der Waals surface area contributed by atoms with Crippen molar-refractivity contribution in [3.8, 4) is 0 Å². The number of nitrogens with zero attached hydrogens (tertiary/aromatic N) is 4. The number of fused-ring (bicyclic) bond motifs is 1. The highest BCUT2D eigenvalue weighted by Gasteiger charge is 2.55. The van der Waals surface area contributed by atoms with Crippen LogP contribution >= 0.6 is 0 Å². The quantitative estimate of drug-likeness (QED) is 0.780. The highest BCUT2D eigenvalue weighted by Crippen LogP contribution is 2.36. The van der Waals surface area contributed by atoms with Crippen LogP contribution in [0.15, 0.2) is 46.7 Å². The summed E-state index contributed by atoms with van der Waals surface area (Å²) in [6, 6.07) is 8.31. The molecule has 0 unspecified atom stereocenters. The second-order valence-corrected chi connectivity index (χ2v) is 6.67. The van der Waals surface area contributed by atoms with Gasteiger partial charge in [0.05, 0.1) is 11.4 Å². The van der Waals surface area contributed by atoms with Crippen molar-refractivity contribution in [2.45, 2.75) is 32.9 Å². The lowest BCUT2D eigenvalue weighted by Gasteiger charge is -2.22. The molecule has 4 rings (SSSR count). The largest absolute Gasteiger partial charge is 0.271 e. The molecule has 0 aromatic heterocycles. The number of carbonyl (C=O) groups is 2. The van der Waals surface area contributed by atoms with Gasteiger partial charge in [0.1, 0.15) is 5.82 Å². The van der Waals surface area contributed by atoms with E-state index in [9.17, 15) is 14.0 Å². The van der Waals surface area contributed by atoms with Crippen molar-refractivity contribution in [3.63, 3.8) is 0 Å². The van der Waals surface area contributed by atoms with Crippen molar-refractivity contribution in [1.29, 1.82) is 0 Å². The molecule has 1 fully saturated rings. The van der Waals surface area contributed by atoms with Crippen LogP contribution in [-0.2, 0) is 9.59 Å². The van der Waals surface area contributed by atoms with E-state index in [1.54, 1.807) is 19.1 Å². The van der Waals surface area contributed by atoms with Gasteiger partial charge in [-0.3, -0.25) is 9.59 Å². The molecule has 2 aliphatic rings. The molecule has 6 nitrogen and oxygen atoms in total. The van der Waals surface area contributed by atoms with Gasteiger partial charge in [-0.25, -0.2) is 14.3 Å². The first-order valence-electron chi connectivity index (χ1n) is 8.29. The lowest BCUT2D eigenvalue weighted by molar-refractivity contribution is -0.121. The highest BCUT2D eigenvalue weighted by atomic mass is 19.1. The van der Waals surface area contributed by atoms with E-state index in [0.29, 0.717) is 5.56 Å². The topological polar surface area (TPSA) is 65.3 Å². The third kappa shape index (κ3) is 2.31. The molecule has 1 saturated heterocycles. The highest BCUT2D eigenvalue weighted by molar-refractivity contribution is 6.26. The summed E-state index contributed by atoms with van der Waals surface area (Å²) in [6.07, 6.45) is 0. The summed E-state index contributed by atoms with van der Waals surface area (Å²) in [5.74, 6) is -1.40. The van der Waals surface area contributed by atoms with Crippen LogP contribution in [-0.4, -0.2) is 23.9 Å². The monoisotopic (exact) mass is 352 g/mol. The molecule has 2 heterocycles. The van der Waals surface area contributed by atoms with Crippen LogP contribution in [0.1, 0.15) is 16.7 Å². The molecule has 0 radical (unpaired) electrons. The predicted molar refractivity (Wildman–Crippen MR) is 94.5 cm³/mol. The fourth-order valence-corrected chi connectivity index (χ4v) is 3.40. The summed E-state index contributed by atoms with van der Waals surface area (Å²) in [5.41, 5.74) is 3.41. The number of hydrogen-bond acceptors (Lipinski definition) is 5. The maximum atomic E-state index is 13.9. The van der Waals surface area contributed by atoms with E-state index in [2.05, 4.69) is 10.3 Å². The van der Waals surface area contributed by atoms with E-state index in [-0.39, 0.29) is 5.69 Å². The molecule has 2 aromatic rings. The SMILES string of the molecule is Cc1ccc(N2N=N[C@@H]3C(=O)N(c4ccc(C)c(F)c4)C(=O)[C@@H]32)c(C)c1. The molecule has 2 aliphatic heterocycles. The van der Waals surface area contributed by atoms with Gasteiger partial charge in [-0.1, -0.05) is 29.0 Å². The average Bonchev–Trinajstić information content (AvgIpc) is 3.12. The molecule has 7 heteroatoms. The van der Waals surface area contributed by atoms with Gasteiger partial charge in [-0.05, 0) is 50.1 Å². The Labute approximate surface area is 149 Å². The van der Waals surface area contributed by atoms with Gasteiger partial charge in [-0.15, -0.1) is 0 Å². The Balaban J connectivity index is 1.72. The zero-order valence-corrected chi connectivity index (χ0v) is 14.6. The molecular weight excluding hydrogens is 335 g/mol. The Morgan fingerprint density at radius 2 is 1.73 bits per heavy atom. The smallest absolute Gasteiger partial charge is 0.263 e. The van der Waals surface area contributed by atoms with Gasteiger partial charge in [0.25, 0.3) is 11.8 Å². The van der Waals surface area contributed by atoms with Crippen LogP contribution < -0.4 is 9.91 Å². The number of carbonyl (C=O) groups excluding carboxylic acids is 2. The molecule has 132 valence electrons. The van der Waals surface area contributed by atoms with Crippen molar-refractivity contribution in [2.75, 3.05) is 9.91 Å². The Hall–Kier alpha value is -3.09. The molecule has 0 saturated carbocycles. The standard InChI is InChI=1S/C19H17FN4O2/c1-10-4-7-15(12(3)8-10)24-17-16(21-22-24)18(25)23(19(17)26)13-6-5-11(2)14(20)9-13/h4-9,16-17H,1-3H3/t16-,17+/m0/s1. The molecule has 0 aliphatic carbocycles. The third-order valence-electron chi connectivity index (χ3n) is 4.79. The zero-order chi connectivity index (χ0) is 18.6. The summed E-state index contributed by atoms with van der Waals surface area (Å²) in [6.45, 7) is 5.51. The number of anilines is 2. The first-order chi connectivity index (χ1) is 12.4. The Morgan fingerprint density at radius 1 is 0.962 bits per heavy atom. The molecule has 0 bridgehead atoms. The van der Waals surface area contributed by atoms with Crippen LogP contribution in [0.3, 0.4) is 0 Å². The Morgan fingerprint density at radius 3 is 2.42 bits per heavy atom. The van der Waals surface area contributed by atoms with Crippen molar-refractivity contribution in [1.82, 2.24) is 0 Å². The molecule has 2 amide bonds. The van der Waals surface area contributed by atoms with Crippen molar-refractivity contribution >= 4 is 23.2 Å². The maximum absolute atomic E-state index is 13.9. The fraction of sp³-hybridized carbons (Fsp3) is 0.263. The van der Waals surface area contributed by atoms with Gasteiger partial charge in [0.15, 0.2) is 12.1 Å². The number of amides is 2. The van der Waals surface area contributed by atoms with Crippen LogP contribution in [0.2, 0.25) is 0 Å². The van der Waals surface area contributed by atoms with Crippen LogP contribution in [0, 0.1) is 26.6 Å². The zero-order valence-electron chi connectivity index (χ0n) is 14.6. The summed E-state index contributed by atoms with van der Waals surface area (Å²) in [4.78, 5) is 26.7. The summed E-state index contributed by atoms with van der Waals surface area (Å²) < 4.78 is 13.9. The van der Waals surface area contributed by atoms with E-state index < -0.39 is 29.7 Å².